The normalized spacial score (nSPS) is 12.5. The van der Waals surface area contributed by atoms with Crippen LogP contribution in [0.15, 0.2) is 152 Å². The van der Waals surface area contributed by atoms with Gasteiger partial charge in [0, 0.05) is 39.6 Å². The molecule has 3 heteroatoms. The first-order valence-electron chi connectivity index (χ1n) is 13.5. The summed E-state index contributed by atoms with van der Waals surface area (Å²) in [6, 6.07) is 54.9. The highest BCUT2D eigenvalue weighted by atomic mass is 15.2. The number of rotatable bonds is 3. The number of hydrogen-bond donors (Lipinski definition) is 0. The molecule has 182 valence electrons. The Balaban J connectivity index is 1.41. The Kier molecular flexibility index (Phi) is 4.96. The summed E-state index contributed by atoms with van der Waals surface area (Å²) in [5.74, 6) is 0. The van der Waals surface area contributed by atoms with Crippen LogP contribution in [0.5, 0.6) is 0 Å². The molecule has 2 aliphatic rings. The van der Waals surface area contributed by atoms with Crippen LogP contribution in [0.2, 0.25) is 0 Å². The van der Waals surface area contributed by atoms with Gasteiger partial charge in [0.15, 0.2) is 0 Å². The van der Waals surface area contributed by atoms with Crippen molar-refractivity contribution in [2.24, 2.45) is 0 Å². The predicted octanol–water partition coefficient (Wildman–Crippen LogP) is 8.06. The van der Waals surface area contributed by atoms with Crippen LogP contribution >= 0.6 is 0 Å². The van der Waals surface area contributed by atoms with Crippen LogP contribution in [0.3, 0.4) is 0 Å². The van der Waals surface area contributed by atoms with Crippen molar-refractivity contribution in [3.63, 3.8) is 0 Å². The van der Waals surface area contributed by atoms with Crippen LogP contribution in [0.1, 0.15) is 0 Å². The van der Waals surface area contributed by atoms with Gasteiger partial charge in [0.1, 0.15) is 0 Å². The molecule has 6 aromatic carbocycles. The zero-order chi connectivity index (χ0) is 25.8. The largest absolute Gasteiger partial charge is 0.376 e. The maximum absolute atomic E-state index is 2.56. The third-order valence-corrected chi connectivity index (χ3v) is 8.04. The fourth-order valence-electron chi connectivity index (χ4n) is 6.41. The van der Waals surface area contributed by atoms with Gasteiger partial charge in [-0.2, -0.15) is 0 Å². The Hall–Kier alpha value is -5.02. The molecule has 8 rings (SSSR count). The van der Waals surface area contributed by atoms with Gasteiger partial charge in [-0.1, -0.05) is 109 Å². The molecule has 0 unspecified atom stereocenters. The first kappa shape index (κ1) is 22.0. The van der Waals surface area contributed by atoms with Crippen molar-refractivity contribution in [2.45, 2.75) is 0 Å². The summed E-state index contributed by atoms with van der Waals surface area (Å²) in [6.07, 6.45) is 0. The quantitative estimate of drug-likeness (QED) is 0.229. The van der Waals surface area contributed by atoms with Gasteiger partial charge in [-0.3, -0.25) is 0 Å². The van der Waals surface area contributed by atoms with Crippen molar-refractivity contribution in [1.82, 2.24) is 0 Å². The minimum Gasteiger partial charge on any atom is -0.376 e. The molecule has 2 nitrogen and oxygen atoms in total. The molecule has 0 N–H and O–H groups in total. The van der Waals surface area contributed by atoms with Gasteiger partial charge in [0.05, 0.1) is 0 Å². The van der Waals surface area contributed by atoms with Crippen LogP contribution in [0.4, 0.5) is 28.4 Å². The lowest BCUT2D eigenvalue weighted by Gasteiger charge is -2.43. The number of anilines is 5. The number of fused-ring (bicyclic) bond motifs is 11. The molecule has 0 saturated carbocycles. The standard InChI is InChI=1S/C36H25BN2/c1-3-13-26(14-4-1)38(27-15-5-2-6-16-27)28-23-24-32-30-18-8-11-21-34(30)37-33-20-10-7-17-29(33)31-19-9-12-22-35(31)39(37)36(32)25-28/h1-25H. The van der Waals surface area contributed by atoms with Gasteiger partial charge in [0.2, 0.25) is 0 Å². The van der Waals surface area contributed by atoms with E-state index in [1.807, 2.05) is 0 Å². The molecule has 6 aromatic rings. The van der Waals surface area contributed by atoms with Gasteiger partial charge in [-0.25, -0.2) is 0 Å². The first-order chi connectivity index (χ1) is 19.4. The summed E-state index contributed by atoms with van der Waals surface area (Å²) in [4.78, 5) is 4.91. The zero-order valence-electron chi connectivity index (χ0n) is 21.4. The van der Waals surface area contributed by atoms with E-state index in [0.717, 1.165) is 17.1 Å². The molecular formula is C36H25BN2. The highest BCUT2D eigenvalue weighted by molar-refractivity contribution is 6.92. The molecule has 0 aromatic heterocycles. The molecule has 39 heavy (non-hydrogen) atoms. The molecule has 0 fully saturated rings. The molecule has 0 atom stereocenters. The second-order valence-corrected chi connectivity index (χ2v) is 10.2. The Morgan fingerprint density at radius 2 is 0.872 bits per heavy atom. The summed E-state index contributed by atoms with van der Waals surface area (Å²) in [6.45, 7) is 0.108. The molecule has 0 saturated heterocycles. The Morgan fingerprint density at radius 1 is 0.385 bits per heavy atom. The lowest BCUT2D eigenvalue weighted by molar-refractivity contribution is 1.27. The summed E-state index contributed by atoms with van der Waals surface area (Å²) in [7, 11) is 0. The molecule has 0 spiro atoms. The fraction of sp³-hybridized carbons (Fsp3) is 0. The lowest BCUT2D eigenvalue weighted by Crippen LogP contribution is -2.59. The Labute approximate surface area is 229 Å². The van der Waals surface area contributed by atoms with Crippen LogP contribution in [-0.4, -0.2) is 6.85 Å². The molecule has 0 amide bonds. The van der Waals surface area contributed by atoms with Gasteiger partial charge in [0.25, 0.3) is 0 Å². The number of hydrogen-bond acceptors (Lipinski definition) is 2. The average Bonchev–Trinajstić information content (AvgIpc) is 3.02. The van der Waals surface area contributed by atoms with Crippen molar-refractivity contribution in [2.75, 3.05) is 9.71 Å². The third-order valence-electron chi connectivity index (χ3n) is 8.04. The summed E-state index contributed by atoms with van der Waals surface area (Å²) in [5.41, 5.74) is 13.8. The maximum Gasteiger partial charge on any atom is 0.329 e. The van der Waals surface area contributed by atoms with Crippen LogP contribution in [0, 0.1) is 0 Å². The second-order valence-electron chi connectivity index (χ2n) is 10.2. The molecule has 0 bridgehead atoms. The summed E-state index contributed by atoms with van der Waals surface area (Å²) < 4.78 is 0. The van der Waals surface area contributed by atoms with E-state index in [0.29, 0.717) is 0 Å². The molecule has 0 aliphatic carbocycles. The monoisotopic (exact) mass is 496 g/mol. The topological polar surface area (TPSA) is 6.48 Å². The van der Waals surface area contributed by atoms with Crippen molar-refractivity contribution < 1.29 is 0 Å². The van der Waals surface area contributed by atoms with Crippen LogP contribution < -0.4 is 20.6 Å². The van der Waals surface area contributed by atoms with Gasteiger partial charge in [-0.15, -0.1) is 0 Å². The van der Waals surface area contributed by atoms with E-state index in [2.05, 4.69) is 161 Å². The molecule has 0 radical (unpaired) electrons. The van der Waals surface area contributed by atoms with Crippen molar-refractivity contribution in [3.05, 3.63) is 152 Å². The fourth-order valence-corrected chi connectivity index (χ4v) is 6.41. The Morgan fingerprint density at radius 3 is 1.49 bits per heavy atom. The number of para-hydroxylation sites is 3. The van der Waals surface area contributed by atoms with E-state index in [-0.39, 0.29) is 6.85 Å². The summed E-state index contributed by atoms with van der Waals surface area (Å²) >= 11 is 0. The predicted molar refractivity (Wildman–Crippen MR) is 166 cm³/mol. The van der Waals surface area contributed by atoms with E-state index < -0.39 is 0 Å². The van der Waals surface area contributed by atoms with E-state index in [9.17, 15) is 0 Å². The maximum atomic E-state index is 2.56. The minimum atomic E-state index is 0.108. The van der Waals surface area contributed by atoms with E-state index >= 15 is 0 Å². The second kappa shape index (κ2) is 8.78. The van der Waals surface area contributed by atoms with Crippen molar-refractivity contribution >= 4 is 46.2 Å². The first-order valence-corrected chi connectivity index (χ1v) is 13.5. The van der Waals surface area contributed by atoms with Gasteiger partial charge in [-0.05, 0) is 64.5 Å². The van der Waals surface area contributed by atoms with E-state index in [4.69, 9.17) is 0 Å². The average molecular weight is 496 g/mol. The molecular weight excluding hydrogens is 471 g/mol. The van der Waals surface area contributed by atoms with Crippen molar-refractivity contribution in [3.8, 4) is 22.3 Å². The molecule has 2 heterocycles. The van der Waals surface area contributed by atoms with Crippen LogP contribution in [-0.2, 0) is 0 Å². The van der Waals surface area contributed by atoms with E-state index in [1.54, 1.807) is 0 Å². The SMILES string of the molecule is c1ccc(N(c2ccccc2)c2ccc3c(c2)N2B(c4ccccc4-c4ccccc42)c2ccccc2-3)cc1. The number of nitrogens with zero attached hydrogens (tertiary/aromatic N) is 2. The van der Waals surface area contributed by atoms with E-state index in [1.165, 1.54) is 44.6 Å². The minimum absolute atomic E-state index is 0.108. The smallest absolute Gasteiger partial charge is 0.329 e. The Bertz CT molecular complexity index is 1790. The summed E-state index contributed by atoms with van der Waals surface area (Å²) in [5, 5.41) is 0. The number of benzene rings is 6. The lowest BCUT2D eigenvalue weighted by atomic mass is 9.43. The van der Waals surface area contributed by atoms with Gasteiger partial charge < -0.3 is 9.71 Å². The highest BCUT2D eigenvalue weighted by Gasteiger charge is 2.42. The van der Waals surface area contributed by atoms with Gasteiger partial charge >= 0.3 is 6.85 Å². The zero-order valence-corrected chi connectivity index (χ0v) is 21.4. The van der Waals surface area contributed by atoms with Crippen molar-refractivity contribution in [1.29, 1.82) is 0 Å². The van der Waals surface area contributed by atoms with Crippen LogP contribution in [0.25, 0.3) is 22.3 Å². The highest BCUT2D eigenvalue weighted by Crippen LogP contribution is 2.48. The molecule has 2 aliphatic heterocycles. The third kappa shape index (κ3) is 3.37.